The van der Waals surface area contributed by atoms with Crippen LogP contribution in [0.25, 0.3) is 0 Å². The van der Waals surface area contributed by atoms with E-state index in [9.17, 15) is 5.11 Å². The van der Waals surface area contributed by atoms with E-state index in [1.807, 2.05) is 0 Å². The topological polar surface area (TPSA) is 92.5 Å². The standard InChI is InChI=1S/C10H16N2O2/c1-10(12,4-5-13)8-6-7(11)2-3-9(8)14/h2-3,6,13-14H,4-5,11-12H2,1H3/t10-/m1/s1. The van der Waals surface area contributed by atoms with Gasteiger partial charge in [-0.05, 0) is 31.5 Å². The van der Waals surface area contributed by atoms with Crippen molar-refractivity contribution >= 4 is 5.69 Å². The van der Waals surface area contributed by atoms with Gasteiger partial charge in [0.25, 0.3) is 0 Å². The van der Waals surface area contributed by atoms with Gasteiger partial charge in [0.15, 0.2) is 0 Å². The maximum atomic E-state index is 9.58. The molecule has 0 aromatic heterocycles. The molecule has 1 aromatic rings. The summed E-state index contributed by atoms with van der Waals surface area (Å²) in [6.07, 6.45) is 0.379. The largest absolute Gasteiger partial charge is 0.508 e. The summed E-state index contributed by atoms with van der Waals surface area (Å²) in [6, 6.07) is 4.74. The van der Waals surface area contributed by atoms with Crippen LogP contribution in [0.1, 0.15) is 18.9 Å². The molecule has 6 N–H and O–H groups in total. The van der Waals surface area contributed by atoms with Crippen LogP contribution in [0, 0.1) is 0 Å². The number of nitrogen functional groups attached to an aromatic ring is 1. The Kier molecular flexibility index (Phi) is 2.98. The highest BCUT2D eigenvalue weighted by atomic mass is 16.3. The molecule has 1 atom stereocenters. The summed E-state index contributed by atoms with van der Waals surface area (Å²) in [5.74, 6) is 0.109. The quantitative estimate of drug-likeness (QED) is 0.419. The van der Waals surface area contributed by atoms with Gasteiger partial charge in [-0.2, -0.15) is 0 Å². The third kappa shape index (κ3) is 2.16. The lowest BCUT2D eigenvalue weighted by Crippen LogP contribution is -2.34. The van der Waals surface area contributed by atoms with Crippen molar-refractivity contribution < 1.29 is 10.2 Å². The van der Waals surface area contributed by atoms with Crippen molar-refractivity contribution in [1.29, 1.82) is 0 Å². The lowest BCUT2D eigenvalue weighted by molar-refractivity contribution is 0.245. The normalized spacial score (nSPS) is 15.1. The molecule has 4 nitrogen and oxygen atoms in total. The molecule has 0 bridgehead atoms. The van der Waals surface area contributed by atoms with Crippen molar-refractivity contribution in [2.45, 2.75) is 18.9 Å². The third-order valence-electron chi connectivity index (χ3n) is 2.27. The molecule has 14 heavy (non-hydrogen) atoms. The highest BCUT2D eigenvalue weighted by Gasteiger charge is 2.23. The lowest BCUT2D eigenvalue weighted by atomic mass is 9.89. The van der Waals surface area contributed by atoms with Crippen LogP contribution in [0.5, 0.6) is 5.75 Å². The zero-order valence-corrected chi connectivity index (χ0v) is 8.20. The number of hydrogen-bond acceptors (Lipinski definition) is 4. The number of aliphatic hydroxyl groups excluding tert-OH is 1. The van der Waals surface area contributed by atoms with Crippen LogP contribution < -0.4 is 11.5 Å². The first-order valence-corrected chi connectivity index (χ1v) is 4.46. The van der Waals surface area contributed by atoms with E-state index in [2.05, 4.69) is 0 Å². The SMILES string of the molecule is C[C@@](N)(CCO)c1cc(N)ccc1O. The smallest absolute Gasteiger partial charge is 0.120 e. The van der Waals surface area contributed by atoms with Gasteiger partial charge in [-0.15, -0.1) is 0 Å². The van der Waals surface area contributed by atoms with Crippen LogP contribution >= 0.6 is 0 Å². The van der Waals surface area contributed by atoms with E-state index in [1.54, 1.807) is 19.1 Å². The Morgan fingerprint density at radius 3 is 2.64 bits per heavy atom. The van der Waals surface area contributed by atoms with Gasteiger partial charge in [-0.25, -0.2) is 0 Å². The molecule has 0 heterocycles. The minimum atomic E-state index is -0.756. The summed E-state index contributed by atoms with van der Waals surface area (Å²) in [5.41, 5.74) is 11.9. The second-order valence-corrected chi connectivity index (χ2v) is 3.67. The Hall–Kier alpha value is -1.26. The number of benzene rings is 1. The molecule has 1 aromatic carbocycles. The van der Waals surface area contributed by atoms with Gasteiger partial charge in [0, 0.05) is 23.4 Å². The van der Waals surface area contributed by atoms with Gasteiger partial charge in [0.2, 0.25) is 0 Å². The molecule has 0 unspecified atom stereocenters. The van der Waals surface area contributed by atoms with E-state index in [4.69, 9.17) is 16.6 Å². The first-order valence-electron chi connectivity index (χ1n) is 4.46. The van der Waals surface area contributed by atoms with E-state index in [0.717, 1.165) is 0 Å². The molecule has 0 saturated heterocycles. The molecule has 0 radical (unpaired) electrons. The lowest BCUT2D eigenvalue weighted by Gasteiger charge is -2.25. The van der Waals surface area contributed by atoms with E-state index in [0.29, 0.717) is 17.7 Å². The number of nitrogens with two attached hydrogens (primary N) is 2. The fourth-order valence-corrected chi connectivity index (χ4v) is 1.38. The second kappa shape index (κ2) is 3.86. The minimum Gasteiger partial charge on any atom is -0.508 e. The Morgan fingerprint density at radius 2 is 2.07 bits per heavy atom. The molecule has 0 spiro atoms. The molecule has 0 saturated carbocycles. The van der Waals surface area contributed by atoms with Crippen LogP contribution in [0.4, 0.5) is 5.69 Å². The molecule has 78 valence electrons. The number of aliphatic hydroxyl groups is 1. The van der Waals surface area contributed by atoms with E-state index in [1.165, 1.54) is 6.07 Å². The fourth-order valence-electron chi connectivity index (χ4n) is 1.38. The fraction of sp³-hybridized carbons (Fsp3) is 0.400. The van der Waals surface area contributed by atoms with Crippen molar-refractivity contribution in [3.05, 3.63) is 23.8 Å². The van der Waals surface area contributed by atoms with Gasteiger partial charge in [0.1, 0.15) is 5.75 Å². The number of phenolic OH excluding ortho intramolecular Hbond substituents is 1. The number of hydrogen-bond donors (Lipinski definition) is 4. The highest BCUT2D eigenvalue weighted by Crippen LogP contribution is 2.30. The molecule has 4 heteroatoms. The van der Waals surface area contributed by atoms with Gasteiger partial charge in [-0.3, -0.25) is 0 Å². The average Bonchev–Trinajstić information content (AvgIpc) is 2.09. The number of rotatable bonds is 3. The monoisotopic (exact) mass is 196 g/mol. The van der Waals surface area contributed by atoms with Gasteiger partial charge >= 0.3 is 0 Å². The number of phenols is 1. The molecule has 0 fully saturated rings. The Labute approximate surface area is 83.2 Å². The van der Waals surface area contributed by atoms with Crippen molar-refractivity contribution in [3.8, 4) is 5.75 Å². The summed E-state index contributed by atoms with van der Waals surface area (Å²) in [5, 5.41) is 18.4. The Bertz CT molecular complexity index is 324. The van der Waals surface area contributed by atoms with E-state index >= 15 is 0 Å². The van der Waals surface area contributed by atoms with Crippen molar-refractivity contribution in [2.75, 3.05) is 12.3 Å². The average molecular weight is 196 g/mol. The zero-order chi connectivity index (χ0) is 10.8. The second-order valence-electron chi connectivity index (χ2n) is 3.67. The van der Waals surface area contributed by atoms with Crippen LogP contribution in [-0.2, 0) is 5.54 Å². The van der Waals surface area contributed by atoms with Crippen LogP contribution in [0.15, 0.2) is 18.2 Å². The summed E-state index contributed by atoms with van der Waals surface area (Å²) < 4.78 is 0. The van der Waals surface area contributed by atoms with E-state index < -0.39 is 5.54 Å². The Balaban J connectivity index is 3.10. The van der Waals surface area contributed by atoms with Crippen LogP contribution in [0.2, 0.25) is 0 Å². The molecule has 0 aliphatic heterocycles. The number of aromatic hydroxyl groups is 1. The number of anilines is 1. The predicted molar refractivity (Wildman–Crippen MR) is 55.8 cm³/mol. The maximum absolute atomic E-state index is 9.58. The first kappa shape index (κ1) is 10.8. The predicted octanol–water partition coefficient (Wildman–Crippen LogP) is 0.531. The van der Waals surface area contributed by atoms with Crippen LogP contribution in [-0.4, -0.2) is 16.8 Å². The molecule has 0 aliphatic rings. The molecule has 0 amide bonds. The maximum Gasteiger partial charge on any atom is 0.120 e. The first-order chi connectivity index (χ1) is 6.47. The Morgan fingerprint density at radius 1 is 1.43 bits per heavy atom. The van der Waals surface area contributed by atoms with Crippen molar-refractivity contribution in [2.24, 2.45) is 5.73 Å². The van der Waals surface area contributed by atoms with Gasteiger partial charge < -0.3 is 21.7 Å². The summed E-state index contributed by atoms with van der Waals surface area (Å²) in [6.45, 7) is 1.72. The summed E-state index contributed by atoms with van der Waals surface area (Å²) in [4.78, 5) is 0. The highest BCUT2D eigenvalue weighted by molar-refractivity contribution is 5.49. The zero-order valence-electron chi connectivity index (χ0n) is 8.20. The minimum absolute atomic E-state index is 0.0265. The molecule has 1 rings (SSSR count). The van der Waals surface area contributed by atoms with Crippen LogP contribution in [0.3, 0.4) is 0 Å². The molecule has 0 aliphatic carbocycles. The molecular formula is C10H16N2O2. The van der Waals surface area contributed by atoms with Crippen molar-refractivity contribution in [3.63, 3.8) is 0 Å². The van der Waals surface area contributed by atoms with E-state index in [-0.39, 0.29) is 12.4 Å². The summed E-state index contributed by atoms with van der Waals surface area (Å²) in [7, 11) is 0. The van der Waals surface area contributed by atoms with Gasteiger partial charge in [-0.1, -0.05) is 0 Å². The summed E-state index contributed by atoms with van der Waals surface area (Å²) >= 11 is 0. The van der Waals surface area contributed by atoms with Crippen molar-refractivity contribution in [1.82, 2.24) is 0 Å². The third-order valence-corrected chi connectivity index (χ3v) is 2.27. The molecular weight excluding hydrogens is 180 g/mol. The van der Waals surface area contributed by atoms with Gasteiger partial charge in [0.05, 0.1) is 0 Å².